The quantitative estimate of drug-likeness (QED) is 0.766. The summed E-state index contributed by atoms with van der Waals surface area (Å²) >= 11 is 0. The monoisotopic (exact) mass is 230 g/mol. The summed E-state index contributed by atoms with van der Waals surface area (Å²) in [6.07, 6.45) is -0.438. The number of ether oxygens (including phenoxy) is 1. The van der Waals surface area contributed by atoms with Gasteiger partial charge in [-0.25, -0.2) is 4.79 Å². The van der Waals surface area contributed by atoms with E-state index in [1.54, 1.807) is 20.2 Å². The topological polar surface area (TPSA) is 55.6 Å². The molecule has 0 aliphatic heterocycles. The normalized spacial score (nSPS) is 10.2. The number of nitrogen functional groups attached to an aromatic ring is 1. The van der Waals surface area contributed by atoms with Crippen LogP contribution in [0.2, 0.25) is 0 Å². The highest BCUT2D eigenvalue weighted by Crippen LogP contribution is 2.30. The van der Waals surface area contributed by atoms with Gasteiger partial charge in [0.2, 0.25) is 0 Å². The Hall–Kier alpha value is -2.23. The van der Waals surface area contributed by atoms with Gasteiger partial charge in [0.05, 0.1) is 5.69 Å². The molecule has 0 fully saturated rings. The van der Waals surface area contributed by atoms with Gasteiger partial charge in [0.15, 0.2) is 5.75 Å². The zero-order valence-electron chi connectivity index (χ0n) is 9.81. The van der Waals surface area contributed by atoms with Gasteiger partial charge in [-0.05, 0) is 11.5 Å². The third-order valence-corrected chi connectivity index (χ3v) is 2.49. The Morgan fingerprint density at radius 3 is 2.59 bits per heavy atom. The summed E-state index contributed by atoms with van der Waals surface area (Å²) in [4.78, 5) is 12.8. The van der Waals surface area contributed by atoms with Crippen molar-refractivity contribution in [2.45, 2.75) is 0 Å². The molecule has 0 aliphatic rings. The summed E-state index contributed by atoms with van der Waals surface area (Å²) in [5.41, 5.74) is 6.46. The Balaban J connectivity index is 2.43. The van der Waals surface area contributed by atoms with Crippen molar-refractivity contribution in [2.24, 2.45) is 0 Å². The molecule has 0 heterocycles. The largest absolute Gasteiger partial charge is 0.414 e. The molecule has 1 amide bonds. The van der Waals surface area contributed by atoms with Crippen LogP contribution < -0.4 is 10.5 Å². The second-order valence-electron chi connectivity index (χ2n) is 3.96. The zero-order valence-corrected chi connectivity index (χ0v) is 9.81. The van der Waals surface area contributed by atoms with Gasteiger partial charge >= 0.3 is 6.09 Å². The average molecular weight is 230 g/mol. The number of benzene rings is 2. The lowest BCUT2D eigenvalue weighted by Crippen LogP contribution is -2.25. The number of nitrogens with zero attached hydrogens (tertiary/aromatic N) is 1. The maximum Gasteiger partial charge on any atom is 0.414 e. The lowest BCUT2D eigenvalue weighted by atomic mass is 10.1. The van der Waals surface area contributed by atoms with Crippen molar-refractivity contribution in [1.82, 2.24) is 4.90 Å². The first kappa shape index (κ1) is 11.3. The van der Waals surface area contributed by atoms with Crippen molar-refractivity contribution >= 4 is 22.6 Å². The molecular weight excluding hydrogens is 216 g/mol. The molecule has 17 heavy (non-hydrogen) atoms. The summed E-state index contributed by atoms with van der Waals surface area (Å²) in [6.45, 7) is 0. The lowest BCUT2D eigenvalue weighted by Gasteiger charge is -2.13. The molecule has 2 aromatic rings. The first-order chi connectivity index (χ1) is 8.09. The van der Waals surface area contributed by atoms with Gasteiger partial charge in [-0.1, -0.05) is 30.3 Å². The number of rotatable bonds is 1. The second-order valence-corrected chi connectivity index (χ2v) is 3.96. The molecule has 0 bridgehead atoms. The minimum atomic E-state index is -0.438. The van der Waals surface area contributed by atoms with E-state index in [2.05, 4.69) is 0 Å². The van der Waals surface area contributed by atoms with Crippen LogP contribution >= 0.6 is 0 Å². The first-order valence-electron chi connectivity index (χ1n) is 5.26. The molecule has 0 radical (unpaired) electrons. The van der Waals surface area contributed by atoms with E-state index in [0.717, 1.165) is 10.8 Å². The third-order valence-electron chi connectivity index (χ3n) is 2.49. The van der Waals surface area contributed by atoms with Crippen LogP contribution in [0.5, 0.6) is 5.75 Å². The molecule has 0 saturated carbocycles. The highest BCUT2D eigenvalue weighted by Gasteiger charge is 2.11. The van der Waals surface area contributed by atoms with Crippen LogP contribution in [-0.4, -0.2) is 25.1 Å². The predicted octanol–water partition coefficient (Wildman–Crippen LogP) is 2.48. The molecule has 2 N–H and O–H groups in total. The number of nitrogens with two attached hydrogens (primary N) is 1. The van der Waals surface area contributed by atoms with Gasteiger partial charge in [0.25, 0.3) is 0 Å². The van der Waals surface area contributed by atoms with Crippen molar-refractivity contribution in [3.8, 4) is 5.75 Å². The van der Waals surface area contributed by atoms with Crippen LogP contribution in [0.1, 0.15) is 0 Å². The van der Waals surface area contributed by atoms with E-state index in [1.165, 1.54) is 4.90 Å². The molecule has 0 aliphatic carbocycles. The van der Waals surface area contributed by atoms with E-state index in [4.69, 9.17) is 10.5 Å². The van der Waals surface area contributed by atoms with Crippen LogP contribution in [0.3, 0.4) is 0 Å². The number of carbonyl (C=O) groups excluding carboxylic acids is 1. The molecule has 88 valence electrons. The Morgan fingerprint density at radius 1 is 1.18 bits per heavy atom. The number of hydrogen-bond acceptors (Lipinski definition) is 3. The Kier molecular flexibility index (Phi) is 2.87. The van der Waals surface area contributed by atoms with Crippen molar-refractivity contribution in [1.29, 1.82) is 0 Å². The second kappa shape index (κ2) is 4.33. The van der Waals surface area contributed by atoms with E-state index in [1.807, 2.05) is 30.3 Å². The van der Waals surface area contributed by atoms with Crippen LogP contribution in [0.25, 0.3) is 10.8 Å². The lowest BCUT2D eigenvalue weighted by molar-refractivity contribution is 0.172. The van der Waals surface area contributed by atoms with Gasteiger partial charge in [-0.3, -0.25) is 0 Å². The summed E-state index contributed by atoms with van der Waals surface area (Å²) < 4.78 is 5.18. The first-order valence-corrected chi connectivity index (χ1v) is 5.26. The SMILES string of the molecule is CN(C)C(=O)Oc1ccc2ccccc2c1N. The molecule has 0 atom stereocenters. The number of anilines is 1. The Morgan fingerprint density at radius 2 is 1.88 bits per heavy atom. The zero-order chi connectivity index (χ0) is 12.4. The van der Waals surface area contributed by atoms with E-state index < -0.39 is 6.09 Å². The molecule has 4 nitrogen and oxygen atoms in total. The number of amides is 1. The summed E-state index contributed by atoms with van der Waals surface area (Å²) in [7, 11) is 3.25. The summed E-state index contributed by atoms with van der Waals surface area (Å²) in [5.74, 6) is 0.391. The van der Waals surface area contributed by atoms with Gasteiger partial charge in [0.1, 0.15) is 0 Å². The smallest absolute Gasteiger partial charge is 0.408 e. The number of fused-ring (bicyclic) bond motifs is 1. The van der Waals surface area contributed by atoms with Crippen LogP contribution in [0, 0.1) is 0 Å². The van der Waals surface area contributed by atoms with Gasteiger partial charge < -0.3 is 15.4 Å². The number of hydrogen-bond donors (Lipinski definition) is 1. The Bertz CT molecular complexity index is 564. The molecule has 0 spiro atoms. The fraction of sp³-hybridized carbons (Fsp3) is 0.154. The van der Waals surface area contributed by atoms with Gasteiger partial charge in [-0.15, -0.1) is 0 Å². The molecule has 2 rings (SSSR count). The van der Waals surface area contributed by atoms with Crippen LogP contribution in [-0.2, 0) is 0 Å². The van der Waals surface area contributed by atoms with E-state index in [-0.39, 0.29) is 0 Å². The van der Waals surface area contributed by atoms with Crippen LogP contribution in [0.4, 0.5) is 10.5 Å². The highest BCUT2D eigenvalue weighted by molar-refractivity contribution is 5.96. The van der Waals surface area contributed by atoms with E-state index >= 15 is 0 Å². The van der Waals surface area contributed by atoms with Crippen molar-refractivity contribution < 1.29 is 9.53 Å². The minimum absolute atomic E-state index is 0.391. The maximum atomic E-state index is 11.4. The van der Waals surface area contributed by atoms with Crippen molar-refractivity contribution in [3.63, 3.8) is 0 Å². The standard InChI is InChI=1S/C13H14N2O2/c1-15(2)13(16)17-11-8-7-9-5-3-4-6-10(9)12(11)14/h3-8H,14H2,1-2H3. The summed E-state index contributed by atoms with van der Waals surface area (Å²) in [5, 5.41) is 1.91. The maximum absolute atomic E-state index is 11.4. The average Bonchev–Trinajstić information content (AvgIpc) is 2.33. The van der Waals surface area contributed by atoms with E-state index in [0.29, 0.717) is 11.4 Å². The fourth-order valence-corrected chi connectivity index (χ4v) is 1.55. The van der Waals surface area contributed by atoms with Crippen LogP contribution in [0.15, 0.2) is 36.4 Å². The fourth-order valence-electron chi connectivity index (χ4n) is 1.55. The molecule has 0 saturated heterocycles. The molecule has 0 aromatic heterocycles. The van der Waals surface area contributed by atoms with E-state index in [9.17, 15) is 4.79 Å². The predicted molar refractivity (Wildman–Crippen MR) is 68.1 cm³/mol. The van der Waals surface area contributed by atoms with Gasteiger partial charge in [0, 0.05) is 19.5 Å². The minimum Gasteiger partial charge on any atom is -0.408 e. The molecular formula is C13H14N2O2. The third kappa shape index (κ3) is 2.15. The van der Waals surface area contributed by atoms with Crippen molar-refractivity contribution in [2.75, 3.05) is 19.8 Å². The Labute approximate surface area is 99.6 Å². The van der Waals surface area contributed by atoms with Crippen molar-refractivity contribution in [3.05, 3.63) is 36.4 Å². The molecule has 2 aromatic carbocycles. The molecule has 0 unspecified atom stereocenters. The van der Waals surface area contributed by atoms with Gasteiger partial charge in [-0.2, -0.15) is 0 Å². The number of carbonyl (C=O) groups is 1. The highest BCUT2D eigenvalue weighted by atomic mass is 16.6. The summed E-state index contributed by atoms with van der Waals surface area (Å²) in [6, 6.07) is 11.3. The molecule has 4 heteroatoms.